The van der Waals surface area contributed by atoms with Crippen LogP contribution in [0.5, 0.6) is 0 Å². The van der Waals surface area contributed by atoms with E-state index in [-0.39, 0.29) is 5.57 Å². The van der Waals surface area contributed by atoms with E-state index in [1.165, 1.54) is 0 Å². The van der Waals surface area contributed by atoms with Crippen LogP contribution in [-0.2, 0) is 9.59 Å². The summed E-state index contributed by atoms with van der Waals surface area (Å²) in [6, 6.07) is 16.8. The second-order valence-corrected chi connectivity index (χ2v) is 4.06. The van der Waals surface area contributed by atoms with E-state index in [1.807, 2.05) is 0 Å². The maximum atomic E-state index is 11.1. The molecule has 0 saturated carbocycles. The molecule has 2 rings (SSSR count). The second kappa shape index (κ2) is 5.84. The van der Waals surface area contributed by atoms with Crippen LogP contribution in [0.25, 0.3) is 5.57 Å². The summed E-state index contributed by atoms with van der Waals surface area (Å²) in [7, 11) is 0. The molecule has 0 aliphatic carbocycles. The van der Waals surface area contributed by atoms with Crippen LogP contribution in [0.4, 0.5) is 0 Å². The minimum Gasteiger partial charge on any atom is -0.545 e. The molecule has 0 fully saturated rings. The Kier molecular flexibility index (Phi) is 3.96. The summed E-state index contributed by atoms with van der Waals surface area (Å²) in [5.74, 6) is -3.54. The molecule has 0 aliphatic heterocycles. The molecule has 0 radical (unpaired) electrons. The van der Waals surface area contributed by atoms with E-state index in [0.717, 1.165) is 0 Å². The van der Waals surface area contributed by atoms with Gasteiger partial charge in [0.2, 0.25) is 0 Å². The third-order valence-electron chi connectivity index (χ3n) is 2.78. The molecule has 4 nitrogen and oxygen atoms in total. The van der Waals surface area contributed by atoms with Crippen LogP contribution < -0.4 is 10.2 Å². The van der Waals surface area contributed by atoms with Crippen LogP contribution in [0, 0.1) is 0 Å². The van der Waals surface area contributed by atoms with E-state index in [9.17, 15) is 19.8 Å². The van der Waals surface area contributed by atoms with E-state index >= 15 is 0 Å². The lowest BCUT2D eigenvalue weighted by atomic mass is 9.93. The summed E-state index contributed by atoms with van der Waals surface area (Å²) in [4.78, 5) is 22.3. The first-order chi connectivity index (χ1) is 9.61. The monoisotopic (exact) mass is 266 g/mol. The van der Waals surface area contributed by atoms with Crippen molar-refractivity contribution in [2.24, 2.45) is 0 Å². The van der Waals surface area contributed by atoms with Gasteiger partial charge in [-0.25, -0.2) is 0 Å². The number of carbonyl (C=O) groups excluding carboxylic acids is 2. The predicted octanol–water partition coefficient (Wildman–Crippen LogP) is -0.0117. The van der Waals surface area contributed by atoms with E-state index in [2.05, 4.69) is 0 Å². The highest BCUT2D eigenvalue weighted by atomic mass is 16.4. The van der Waals surface area contributed by atoms with Crippen molar-refractivity contribution in [2.45, 2.75) is 0 Å². The zero-order valence-electron chi connectivity index (χ0n) is 10.4. The van der Waals surface area contributed by atoms with Crippen molar-refractivity contribution in [3.8, 4) is 0 Å². The van der Waals surface area contributed by atoms with Gasteiger partial charge in [-0.05, 0) is 16.7 Å². The average Bonchev–Trinajstić information content (AvgIpc) is 2.45. The molecule has 0 heterocycles. The molecule has 4 heteroatoms. The van der Waals surface area contributed by atoms with Gasteiger partial charge >= 0.3 is 0 Å². The molecule has 100 valence electrons. The molecule has 0 saturated heterocycles. The standard InChI is InChI=1S/C16H12O4/c17-15(18)14(16(19)20)13(11-7-3-1-4-8-11)12-9-5-2-6-10-12/h1-10H,(H,17,18)(H,19,20)/p-2. The highest BCUT2D eigenvalue weighted by Gasteiger charge is 2.13. The Morgan fingerprint density at radius 1 is 0.650 bits per heavy atom. The van der Waals surface area contributed by atoms with Gasteiger partial charge in [0.1, 0.15) is 0 Å². The van der Waals surface area contributed by atoms with Gasteiger partial charge in [0.15, 0.2) is 0 Å². The Labute approximate surface area is 115 Å². The fraction of sp³-hybridized carbons (Fsp3) is 0. The third-order valence-corrected chi connectivity index (χ3v) is 2.78. The van der Waals surface area contributed by atoms with Crippen LogP contribution >= 0.6 is 0 Å². The van der Waals surface area contributed by atoms with E-state index in [1.54, 1.807) is 60.7 Å². The van der Waals surface area contributed by atoms with Crippen LogP contribution in [0.3, 0.4) is 0 Å². The Hall–Kier alpha value is -2.88. The van der Waals surface area contributed by atoms with Crippen molar-refractivity contribution < 1.29 is 19.8 Å². The maximum Gasteiger partial charge on any atom is 0.0740 e. The summed E-state index contributed by atoms with van der Waals surface area (Å²) in [5.41, 5.74) is 0.165. The zero-order chi connectivity index (χ0) is 14.5. The summed E-state index contributed by atoms with van der Waals surface area (Å²) < 4.78 is 0. The van der Waals surface area contributed by atoms with E-state index in [4.69, 9.17) is 0 Å². The minimum absolute atomic E-state index is 0.0752. The average molecular weight is 266 g/mol. The molecule has 0 amide bonds. The zero-order valence-corrected chi connectivity index (χ0v) is 10.4. The SMILES string of the molecule is O=C([O-])C(C(=O)[O-])=C(c1ccccc1)c1ccccc1. The largest absolute Gasteiger partial charge is 0.545 e. The third kappa shape index (κ3) is 2.75. The van der Waals surface area contributed by atoms with Crippen molar-refractivity contribution in [3.63, 3.8) is 0 Å². The summed E-state index contributed by atoms with van der Waals surface area (Å²) in [6.45, 7) is 0. The van der Waals surface area contributed by atoms with Crippen molar-refractivity contribution in [1.29, 1.82) is 0 Å². The normalized spacial score (nSPS) is 9.80. The van der Waals surface area contributed by atoms with Crippen LogP contribution in [-0.4, -0.2) is 11.9 Å². The number of hydrogen-bond donors (Lipinski definition) is 0. The number of rotatable bonds is 4. The number of hydrogen-bond acceptors (Lipinski definition) is 4. The predicted molar refractivity (Wildman–Crippen MR) is 68.9 cm³/mol. The summed E-state index contributed by atoms with van der Waals surface area (Å²) >= 11 is 0. The first-order valence-electron chi connectivity index (χ1n) is 5.89. The van der Waals surface area contributed by atoms with Gasteiger partial charge < -0.3 is 19.8 Å². The highest BCUT2D eigenvalue weighted by Crippen LogP contribution is 2.26. The lowest BCUT2D eigenvalue weighted by molar-refractivity contribution is -0.311. The Balaban J connectivity index is 2.77. The smallest absolute Gasteiger partial charge is 0.0740 e. The van der Waals surface area contributed by atoms with Crippen LogP contribution in [0.2, 0.25) is 0 Å². The molecule has 2 aromatic carbocycles. The van der Waals surface area contributed by atoms with Gasteiger partial charge in [0.25, 0.3) is 0 Å². The maximum absolute atomic E-state index is 11.1. The molecule has 0 aromatic heterocycles. The molecule has 0 spiro atoms. The number of aliphatic carboxylic acids is 2. The summed E-state index contributed by atoms with van der Waals surface area (Å²) in [6.07, 6.45) is 0. The van der Waals surface area contributed by atoms with Gasteiger partial charge in [-0.1, -0.05) is 60.7 Å². The lowest BCUT2D eigenvalue weighted by Gasteiger charge is -2.18. The van der Waals surface area contributed by atoms with Gasteiger partial charge in [-0.2, -0.15) is 0 Å². The van der Waals surface area contributed by atoms with E-state index in [0.29, 0.717) is 11.1 Å². The first kappa shape index (κ1) is 13.5. The van der Waals surface area contributed by atoms with Crippen LogP contribution in [0.15, 0.2) is 66.2 Å². The van der Waals surface area contributed by atoms with Crippen LogP contribution in [0.1, 0.15) is 11.1 Å². The number of benzene rings is 2. The molecule has 0 bridgehead atoms. The molecule has 0 atom stereocenters. The van der Waals surface area contributed by atoms with Gasteiger partial charge in [-0.3, -0.25) is 0 Å². The van der Waals surface area contributed by atoms with Gasteiger partial charge in [-0.15, -0.1) is 0 Å². The fourth-order valence-corrected chi connectivity index (χ4v) is 1.95. The molecule has 0 N–H and O–H groups in total. The molecular weight excluding hydrogens is 256 g/mol. The molecule has 0 unspecified atom stereocenters. The fourth-order valence-electron chi connectivity index (χ4n) is 1.95. The summed E-state index contributed by atoms with van der Waals surface area (Å²) in [5, 5.41) is 22.3. The van der Waals surface area contributed by atoms with Crippen molar-refractivity contribution >= 4 is 17.5 Å². The van der Waals surface area contributed by atoms with Crippen molar-refractivity contribution in [2.75, 3.05) is 0 Å². The van der Waals surface area contributed by atoms with Crippen molar-refractivity contribution in [3.05, 3.63) is 77.4 Å². The molecule has 0 aliphatic rings. The molecule has 20 heavy (non-hydrogen) atoms. The van der Waals surface area contributed by atoms with Crippen molar-refractivity contribution in [1.82, 2.24) is 0 Å². The quantitative estimate of drug-likeness (QED) is 0.443. The molecular formula is C16H10O4-2. The van der Waals surface area contributed by atoms with Gasteiger partial charge in [0.05, 0.1) is 11.9 Å². The Morgan fingerprint density at radius 3 is 1.30 bits per heavy atom. The van der Waals surface area contributed by atoms with E-state index < -0.39 is 17.5 Å². The number of carbonyl (C=O) groups is 2. The van der Waals surface area contributed by atoms with Gasteiger partial charge in [0, 0.05) is 5.57 Å². The lowest BCUT2D eigenvalue weighted by Crippen LogP contribution is -2.37. The number of carboxylic acid groups (broad SMARTS) is 2. The second-order valence-electron chi connectivity index (χ2n) is 4.06. The highest BCUT2D eigenvalue weighted by molar-refractivity contribution is 6.19. The Bertz CT molecular complexity index is 600. The topological polar surface area (TPSA) is 80.3 Å². The Morgan fingerprint density at radius 2 is 1.00 bits per heavy atom. The molecule has 2 aromatic rings. The first-order valence-corrected chi connectivity index (χ1v) is 5.89. The number of carboxylic acids is 2. The minimum atomic E-state index is -1.77.